The van der Waals surface area contributed by atoms with Crippen LogP contribution in [0.15, 0.2) is 30.6 Å². The van der Waals surface area contributed by atoms with Gasteiger partial charge < -0.3 is 9.30 Å². The van der Waals surface area contributed by atoms with Crippen molar-refractivity contribution in [1.82, 2.24) is 24.6 Å². The van der Waals surface area contributed by atoms with Crippen LogP contribution >= 0.6 is 11.6 Å². The summed E-state index contributed by atoms with van der Waals surface area (Å²) in [5.74, 6) is 0.950. The van der Waals surface area contributed by atoms with E-state index >= 15 is 0 Å². The molecule has 212 valence electrons. The number of fused-ring (bicyclic) bond motifs is 1. The van der Waals surface area contributed by atoms with Crippen molar-refractivity contribution < 1.29 is 22.7 Å². The number of hydrogen-bond acceptors (Lipinski definition) is 6. The van der Waals surface area contributed by atoms with Gasteiger partial charge in [0.15, 0.2) is 0 Å². The Balaban J connectivity index is 1.33. The molecule has 40 heavy (non-hydrogen) atoms. The largest absolute Gasteiger partial charge is 0.416 e. The molecule has 3 aliphatic heterocycles. The highest BCUT2D eigenvalue weighted by Gasteiger charge is 2.44. The maximum Gasteiger partial charge on any atom is 0.416 e. The zero-order valence-electron chi connectivity index (χ0n) is 22.3. The number of halogens is 4. The second-order valence-corrected chi connectivity index (χ2v) is 11.8. The van der Waals surface area contributed by atoms with E-state index in [0.29, 0.717) is 37.7 Å². The van der Waals surface area contributed by atoms with E-state index in [-0.39, 0.29) is 28.6 Å². The molecule has 0 N–H and O–H groups in total. The quantitative estimate of drug-likeness (QED) is 0.394. The van der Waals surface area contributed by atoms with Gasteiger partial charge in [0, 0.05) is 37.5 Å². The number of carbonyl (C=O) groups excluding carboxylic acids is 1. The molecule has 3 aromatic rings. The van der Waals surface area contributed by atoms with Gasteiger partial charge in [-0.25, -0.2) is 4.98 Å². The molecule has 8 nitrogen and oxygen atoms in total. The first kappa shape index (κ1) is 27.2. The van der Waals surface area contributed by atoms with Gasteiger partial charge in [-0.1, -0.05) is 18.5 Å². The lowest BCUT2D eigenvalue weighted by Crippen LogP contribution is -2.49. The number of carbonyl (C=O) groups is 1. The van der Waals surface area contributed by atoms with Gasteiger partial charge in [-0.05, 0) is 66.3 Å². The molecule has 0 bridgehead atoms. The lowest BCUT2D eigenvalue weighted by molar-refractivity contribution is -0.138. The summed E-state index contributed by atoms with van der Waals surface area (Å²) >= 11 is 6.43. The van der Waals surface area contributed by atoms with Gasteiger partial charge >= 0.3 is 6.18 Å². The molecule has 12 heteroatoms. The number of nitrogens with zero attached hydrogens (tertiary/aromatic N) is 6. The zero-order valence-corrected chi connectivity index (χ0v) is 23.1. The molecular weight excluding hydrogens is 545 g/mol. The maximum atomic E-state index is 14.3. The predicted molar refractivity (Wildman–Crippen MR) is 142 cm³/mol. The summed E-state index contributed by atoms with van der Waals surface area (Å²) in [6, 6.07) is 6.27. The second kappa shape index (κ2) is 10.1. The molecule has 0 aliphatic carbocycles. The number of pyridine rings is 1. The van der Waals surface area contributed by atoms with Crippen molar-refractivity contribution >= 4 is 23.3 Å². The fraction of sp³-hybridized carbons (Fsp3) is 0.500. The molecule has 0 spiro atoms. The Kier molecular flexibility index (Phi) is 6.87. The van der Waals surface area contributed by atoms with Crippen molar-refractivity contribution in [2.45, 2.75) is 50.9 Å². The van der Waals surface area contributed by atoms with E-state index in [1.165, 1.54) is 11.0 Å². The Hall–Kier alpha value is -3.02. The van der Waals surface area contributed by atoms with E-state index in [4.69, 9.17) is 16.3 Å². The zero-order chi connectivity index (χ0) is 28.2. The number of hydrogen-bond donors (Lipinski definition) is 0. The van der Waals surface area contributed by atoms with E-state index in [2.05, 4.69) is 27.0 Å². The van der Waals surface area contributed by atoms with Gasteiger partial charge in [-0.2, -0.15) is 13.2 Å². The molecule has 0 radical (unpaired) electrons. The summed E-state index contributed by atoms with van der Waals surface area (Å²) < 4.78 is 50.2. The summed E-state index contributed by atoms with van der Waals surface area (Å²) in [6.45, 7) is 4.76. The van der Waals surface area contributed by atoms with E-state index in [1.54, 1.807) is 24.5 Å². The third kappa shape index (κ3) is 4.99. The Bertz CT molecular complexity index is 1450. The van der Waals surface area contributed by atoms with Crippen LogP contribution in [0.1, 0.15) is 58.2 Å². The topological polar surface area (TPSA) is 76.4 Å². The summed E-state index contributed by atoms with van der Waals surface area (Å²) in [5.41, 5.74) is 0.0830. The van der Waals surface area contributed by atoms with Crippen molar-refractivity contribution in [1.29, 1.82) is 0 Å². The van der Waals surface area contributed by atoms with Gasteiger partial charge in [-0.15, -0.1) is 10.2 Å². The fourth-order valence-corrected chi connectivity index (χ4v) is 6.31. The van der Waals surface area contributed by atoms with Crippen molar-refractivity contribution in [2.75, 3.05) is 31.2 Å². The molecule has 6 rings (SSSR count). The minimum Gasteiger partial charge on any atom is -0.379 e. The number of aromatic nitrogens is 4. The van der Waals surface area contributed by atoms with Gasteiger partial charge in [-0.3, -0.25) is 14.6 Å². The summed E-state index contributed by atoms with van der Waals surface area (Å²) in [4.78, 5) is 21.5. The SMILES string of the molecule is C[C@H]1CCCN(Cc2cc3c(c(C(F)(F)F)c2)CN(c2cc(C4(Cc5nncn5C)COC4)cc(Cl)n2)C3=O)C1. The molecular formula is C28H30ClF3N6O2. The average molecular weight is 575 g/mol. The fourth-order valence-electron chi connectivity index (χ4n) is 6.10. The Labute approximate surface area is 235 Å². The number of likely N-dealkylation sites (tertiary alicyclic amines) is 1. The van der Waals surface area contributed by atoms with Crippen LogP contribution in [0.25, 0.3) is 0 Å². The molecule has 0 unspecified atom stereocenters. The van der Waals surface area contributed by atoms with Crippen LogP contribution in [0.2, 0.25) is 5.15 Å². The van der Waals surface area contributed by atoms with E-state index in [9.17, 15) is 18.0 Å². The average Bonchev–Trinajstić information content (AvgIpc) is 3.42. The Morgan fingerprint density at radius 2 is 2.00 bits per heavy atom. The van der Waals surface area contributed by atoms with Crippen LogP contribution < -0.4 is 4.90 Å². The Morgan fingerprint density at radius 3 is 2.65 bits per heavy atom. The number of alkyl halides is 3. The predicted octanol–water partition coefficient (Wildman–Crippen LogP) is 4.79. The third-order valence-electron chi connectivity index (χ3n) is 8.28. The second-order valence-electron chi connectivity index (χ2n) is 11.4. The normalized spacial score (nSPS) is 21.0. The number of ether oxygens (including phenoxy) is 1. The van der Waals surface area contributed by atoms with Crippen LogP contribution in [-0.2, 0) is 42.9 Å². The minimum absolute atomic E-state index is 0.0302. The number of benzene rings is 1. The summed E-state index contributed by atoms with van der Waals surface area (Å²) in [6.07, 6.45) is -0.332. The first-order valence-corrected chi connectivity index (χ1v) is 13.8. The van der Waals surface area contributed by atoms with Crippen molar-refractivity contribution in [2.24, 2.45) is 13.0 Å². The highest BCUT2D eigenvalue weighted by Crippen LogP contribution is 2.42. The van der Waals surface area contributed by atoms with Crippen molar-refractivity contribution in [3.8, 4) is 0 Å². The third-order valence-corrected chi connectivity index (χ3v) is 8.48. The maximum absolute atomic E-state index is 14.3. The summed E-state index contributed by atoms with van der Waals surface area (Å²) in [5, 5.41) is 8.29. The number of piperidine rings is 1. The summed E-state index contributed by atoms with van der Waals surface area (Å²) in [7, 11) is 1.85. The molecule has 1 aromatic carbocycles. The number of amides is 1. The van der Waals surface area contributed by atoms with E-state index in [1.807, 2.05) is 11.6 Å². The Morgan fingerprint density at radius 1 is 1.20 bits per heavy atom. The molecule has 1 amide bonds. The molecule has 2 fully saturated rings. The van der Waals surface area contributed by atoms with Crippen molar-refractivity contribution in [3.05, 3.63) is 69.4 Å². The number of aryl methyl sites for hydroxylation is 1. The van der Waals surface area contributed by atoms with Gasteiger partial charge in [0.25, 0.3) is 5.91 Å². The molecule has 5 heterocycles. The van der Waals surface area contributed by atoms with Crippen LogP contribution in [0.3, 0.4) is 0 Å². The molecule has 2 saturated heterocycles. The van der Waals surface area contributed by atoms with Gasteiger partial charge in [0.1, 0.15) is 23.1 Å². The van der Waals surface area contributed by atoms with Gasteiger partial charge in [0.2, 0.25) is 0 Å². The number of rotatable bonds is 6. The van der Waals surface area contributed by atoms with Crippen LogP contribution in [-0.4, -0.2) is 56.9 Å². The van der Waals surface area contributed by atoms with Crippen LogP contribution in [0, 0.1) is 5.92 Å². The minimum atomic E-state index is -4.60. The molecule has 0 saturated carbocycles. The van der Waals surface area contributed by atoms with Crippen LogP contribution in [0.5, 0.6) is 0 Å². The first-order chi connectivity index (χ1) is 19.0. The monoisotopic (exact) mass is 574 g/mol. The van der Waals surface area contributed by atoms with Crippen LogP contribution in [0.4, 0.5) is 19.0 Å². The lowest BCUT2D eigenvalue weighted by atomic mass is 9.76. The first-order valence-electron chi connectivity index (χ1n) is 13.4. The van der Waals surface area contributed by atoms with Gasteiger partial charge in [0.05, 0.1) is 25.3 Å². The molecule has 2 aromatic heterocycles. The van der Waals surface area contributed by atoms with Crippen molar-refractivity contribution in [3.63, 3.8) is 0 Å². The highest BCUT2D eigenvalue weighted by atomic mass is 35.5. The smallest absolute Gasteiger partial charge is 0.379 e. The lowest BCUT2D eigenvalue weighted by Gasteiger charge is -2.42. The highest BCUT2D eigenvalue weighted by molar-refractivity contribution is 6.29. The number of anilines is 1. The van der Waals surface area contributed by atoms with E-state index in [0.717, 1.165) is 37.3 Å². The van der Waals surface area contributed by atoms with E-state index < -0.39 is 23.1 Å². The standard InChI is InChI=1S/C28H30ClF3N6O2/c1-17-4-3-5-37(11-17)12-18-6-20-21(22(7-18)28(30,31)32)13-38(26(20)39)24-9-19(8-23(29)34-24)27(14-40-15-27)10-25-35-33-16-36(25)2/h6-9,16-17H,3-5,10-15H2,1-2H3/t17-/m0/s1. The molecule has 3 aliphatic rings. The molecule has 1 atom stereocenters.